The number of rotatable bonds is 5. The van der Waals surface area contributed by atoms with Gasteiger partial charge < -0.3 is 15.3 Å². The molecule has 0 radical (unpaired) electrons. The largest absolute Gasteiger partial charge is 0.481 e. The van der Waals surface area contributed by atoms with Gasteiger partial charge in [0.15, 0.2) is 11.5 Å². The van der Waals surface area contributed by atoms with Gasteiger partial charge in [-0.3, -0.25) is 9.59 Å². The number of nitrogens with one attached hydrogen (secondary N) is 1. The molecule has 0 bridgehead atoms. The van der Waals surface area contributed by atoms with Crippen LogP contribution in [0.1, 0.15) is 30.3 Å². The van der Waals surface area contributed by atoms with E-state index in [0.29, 0.717) is 31.4 Å². The van der Waals surface area contributed by atoms with Crippen LogP contribution in [-0.2, 0) is 4.79 Å². The van der Waals surface area contributed by atoms with Gasteiger partial charge in [-0.25, -0.2) is 0 Å². The maximum absolute atomic E-state index is 11.7. The first-order chi connectivity index (χ1) is 10.6. The molecule has 1 aliphatic carbocycles. The van der Waals surface area contributed by atoms with Crippen molar-refractivity contribution in [1.29, 1.82) is 0 Å². The van der Waals surface area contributed by atoms with Crippen LogP contribution >= 0.6 is 0 Å². The molecule has 118 valence electrons. The Kier molecular flexibility index (Phi) is 3.96. The number of carbonyl (C=O) groups is 2. The summed E-state index contributed by atoms with van der Waals surface area (Å²) >= 11 is 0. The first kappa shape index (κ1) is 14.7. The lowest BCUT2D eigenvalue weighted by Crippen LogP contribution is -2.26. The lowest BCUT2D eigenvalue weighted by Gasteiger charge is -2.16. The Morgan fingerprint density at radius 3 is 2.64 bits per heavy atom. The standard InChI is InChI=1S/C15H20N4O3/c1-2-16-14(20)12-5-6-13(18-17-12)19-7-10(9-3-4-9)11(8-19)15(21)22/h5-6,9-11H,2-4,7-8H2,1H3,(H,16,20)(H,21,22)/t10-,11+/m0/s1. The number of nitrogens with zero attached hydrogens (tertiary/aromatic N) is 3. The highest BCUT2D eigenvalue weighted by atomic mass is 16.4. The van der Waals surface area contributed by atoms with Crippen LogP contribution in [0.4, 0.5) is 5.82 Å². The summed E-state index contributed by atoms with van der Waals surface area (Å²) < 4.78 is 0. The van der Waals surface area contributed by atoms with Gasteiger partial charge in [-0.2, -0.15) is 0 Å². The predicted molar refractivity (Wildman–Crippen MR) is 79.6 cm³/mol. The van der Waals surface area contributed by atoms with Crippen molar-refractivity contribution in [3.63, 3.8) is 0 Å². The van der Waals surface area contributed by atoms with Crippen LogP contribution in [0.25, 0.3) is 0 Å². The van der Waals surface area contributed by atoms with Gasteiger partial charge >= 0.3 is 5.97 Å². The molecule has 2 heterocycles. The SMILES string of the molecule is CCNC(=O)c1ccc(N2C[C@@H](C(=O)O)[C@H](C3CC3)C2)nn1. The van der Waals surface area contributed by atoms with Crippen molar-refractivity contribution < 1.29 is 14.7 Å². The van der Waals surface area contributed by atoms with Crippen molar-refractivity contribution in [2.45, 2.75) is 19.8 Å². The molecular formula is C15H20N4O3. The molecule has 22 heavy (non-hydrogen) atoms. The van der Waals surface area contributed by atoms with Crippen molar-refractivity contribution in [2.24, 2.45) is 17.8 Å². The quantitative estimate of drug-likeness (QED) is 0.834. The predicted octanol–water partition coefficient (Wildman–Crippen LogP) is 0.773. The minimum Gasteiger partial charge on any atom is -0.481 e. The summed E-state index contributed by atoms with van der Waals surface area (Å²) in [5.41, 5.74) is 0.276. The maximum atomic E-state index is 11.7. The molecule has 1 amide bonds. The first-order valence-electron chi connectivity index (χ1n) is 7.69. The lowest BCUT2D eigenvalue weighted by atomic mass is 9.92. The Hall–Kier alpha value is -2.18. The topological polar surface area (TPSA) is 95.4 Å². The van der Waals surface area contributed by atoms with E-state index in [-0.39, 0.29) is 23.4 Å². The van der Waals surface area contributed by atoms with Crippen molar-refractivity contribution in [1.82, 2.24) is 15.5 Å². The molecule has 1 saturated heterocycles. The third-order valence-corrected chi connectivity index (χ3v) is 4.45. The normalized spacial score (nSPS) is 24.3. The molecule has 0 aromatic carbocycles. The third-order valence-electron chi connectivity index (χ3n) is 4.45. The second kappa shape index (κ2) is 5.90. The number of anilines is 1. The molecule has 3 rings (SSSR count). The summed E-state index contributed by atoms with van der Waals surface area (Å²) in [5, 5.41) is 20.1. The van der Waals surface area contributed by atoms with E-state index in [9.17, 15) is 14.7 Å². The van der Waals surface area contributed by atoms with Crippen LogP contribution in [0.5, 0.6) is 0 Å². The Labute approximate surface area is 128 Å². The van der Waals surface area contributed by atoms with Gasteiger partial charge in [0.1, 0.15) is 0 Å². The molecule has 2 fully saturated rings. The highest BCUT2D eigenvalue weighted by Crippen LogP contribution is 2.44. The van der Waals surface area contributed by atoms with Gasteiger partial charge in [0.05, 0.1) is 5.92 Å². The Balaban J connectivity index is 1.71. The summed E-state index contributed by atoms with van der Waals surface area (Å²) in [6, 6.07) is 3.37. The molecular weight excluding hydrogens is 284 g/mol. The summed E-state index contributed by atoms with van der Waals surface area (Å²) in [7, 11) is 0. The molecule has 0 spiro atoms. The maximum Gasteiger partial charge on any atom is 0.308 e. The zero-order valence-electron chi connectivity index (χ0n) is 12.5. The fraction of sp³-hybridized carbons (Fsp3) is 0.600. The van der Waals surface area contributed by atoms with Gasteiger partial charge in [0, 0.05) is 19.6 Å². The Morgan fingerprint density at radius 2 is 2.09 bits per heavy atom. The molecule has 1 aromatic rings. The van der Waals surface area contributed by atoms with Crippen LogP contribution < -0.4 is 10.2 Å². The molecule has 7 nitrogen and oxygen atoms in total. The van der Waals surface area contributed by atoms with E-state index in [1.54, 1.807) is 12.1 Å². The Bertz CT molecular complexity index is 571. The monoisotopic (exact) mass is 304 g/mol. The van der Waals surface area contributed by atoms with Crippen LogP contribution in [0.15, 0.2) is 12.1 Å². The van der Waals surface area contributed by atoms with E-state index >= 15 is 0 Å². The zero-order valence-corrected chi connectivity index (χ0v) is 12.5. The number of aromatic nitrogens is 2. The Morgan fingerprint density at radius 1 is 1.32 bits per heavy atom. The van der Waals surface area contributed by atoms with Gasteiger partial charge in [-0.05, 0) is 43.7 Å². The first-order valence-corrected chi connectivity index (χ1v) is 7.69. The van der Waals surface area contributed by atoms with Gasteiger partial charge in [0.2, 0.25) is 0 Å². The molecule has 1 saturated carbocycles. The smallest absolute Gasteiger partial charge is 0.308 e. The van der Waals surface area contributed by atoms with Crippen molar-refractivity contribution in [3.05, 3.63) is 17.8 Å². The average molecular weight is 304 g/mol. The van der Waals surface area contributed by atoms with Crippen LogP contribution in [0, 0.1) is 17.8 Å². The average Bonchev–Trinajstić information content (AvgIpc) is 3.26. The molecule has 1 aliphatic heterocycles. The van der Waals surface area contributed by atoms with Crippen molar-refractivity contribution in [3.8, 4) is 0 Å². The molecule has 7 heteroatoms. The summed E-state index contributed by atoms with van der Waals surface area (Å²) in [6.45, 7) is 3.55. The minimum atomic E-state index is -0.730. The number of hydrogen-bond donors (Lipinski definition) is 2. The van der Waals surface area contributed by atoms with E-state index in [4.69, 9.17) is 0 Å². The van der Waals surface area contributed by atoms with Crippen LogP contribution in [-0.4, -0.2) is 46.8 Å². The van der Waals surface area contributed by atoms with Crippen molar-refractivity contribution >= 4 is 17.7 Å². The molecule has 1 aromatic heterocycles. The lowest BCUT2D eigenvalue weighted by molar-refractivity contribution is -0.142. The number of carbonyl (C=O) groups excluding carboxylic acids is 1. The summed E-state index contributed by atoms with van der Waals surface area (Å²) in [5.74, 6) is 0.0596. The third kappa shape index (κ3) is 2.88. The fourth-order valence-electron chi connectivity index (χ4n) is 3.15. The molecule has 0 unspecified atom stereocenters. The van der Waals surface area contributed by atoms with E-state index in [1.165, 1.54) is 0 Å². The van der Waals surface area contributed by atoms with E-state index in [2.05, 4.69) is 15.5 Å². The van der Waals surface area contributed by atoms with Crippen molar-refractivity contribution in [2.75, 3.05) is 24.5 Å². The summed E-state index contributed by atoms with van der Waals surface area (Å²) in [6.07, 6.45) is 2.26. The van der Waals surface area contributed by atoms with E-state index in [0.717, 1.165) is 12.8 Å². The zero-order chi connectivity index (χ0) is 15.7. The van der Waals surface area contributed by atoms with E-state index < -0.39 is 5.97 Å². The number of aliphatic carboxylic acids is 1. The highest BCUT2D eigenvalue weighted by Gasteiger charge is 2.46. The number of amides is 1. The molecule has 2 aliphatic rings. The second-order valence-electron chi connectivity index (χ2n) is 5.99. The number of carboxylic acids is 1. The minimum absolute atomic E-state index is 0.197. The van der Waals surface area contributed by atoms with E-state index in [1.807, 2.05) is 11.8 Å². The fourth-order valence-corrected chi connectivity index (χ4v) is 3.15. The van der Waals surface area contributed by atoms with Gasteiger partial charge in [-0.15, -0.1) is 10.2 Å². The second-order valence-corrected chi connectivity index (χ2v) is 5.99. The summed E-state index contributed by atoms with van der Waals surface area (Å²) in [4.78, 5) is 25.1. The van der Waals surface area contributed by atoms with Crippen LogP contribution in [0.3, 0.4) is 0 Å². The van der Waals surface area contributed by atoms with Gasteiger partial charge in [0.25, 0.3) is 5.91 Å². The van der Waals surface area contributed by atoms with Gasteiger partial charge in [-0.1, -0.05) is 0 Å². The molecule has 2 N–H and O–H groups in total. The highest BCUT2D eigenvalue weighted by molar-refractivity contribution is 5.92. The number of carboxylic acid groups (broad SMARTS) is 1. The van der Waals surface area contributed by atoms with Crippen LogP contribution in [0.2, 0.25) is 0 Å². The number of hydrogen-bond acceptors (Lipinski definition) is 5. The molecule has 2 atom stereocenters.